The minimum Gasteiger partial charge on any atom is -0.456 e. The number of aromatic nitrogens is 3. The van der Waals surface area contributed by atoms with Crippen molar-refractivity contribution in [3.63, 3.8) is 0 Å². The summed E-state index contributed by atoms with van der Waals surface area (Å²) in [6.45, 7) is 25.3. The van der Waals surface area contributed by atoms with Crippen molar-refractivity contribution >= 4 is 17.9 Å². The maximum absolute atomic E-state index is 14.2. The van der Waals surface area contributed by atoms with Crippen molar-refractivity contribution in [3.8, 4) is 0 Å². The van der Waals surface area contributed by atoms with E-state index in [0.717, 1.165) is 77.0 Å². The zero-order valence-corrected chi connectivity index (χ0v) is 42.7. The molecular weight excluding hydrogens is 841 g/mol. The predicted octanol–water partition coefficient (Wildman–Crippen LogP) is 10.2. The summed E-state index contributed by atoms with van der Waals surface area (Å²) in [7, 11) is 0. The van der Waals surface area contributed by atoms with Crippen LogP contribution in [0.2, 0.25) is 0 Å². The molecule has 3 aliphatic carbocycles. The normalized spacial score (nSPS) is 27.3. The Morgan fingerprint density at radius 1 is 0.348 bits per heavy atom. The van der Waals surface area contributed by atoms with Gasteiger partial charge in [0.2, 0.25) is 17.5 Å². The average Bonchev–Trinajstić information content (AvgIpc) is 3.22. The number of hydrogen-bond donors (Lipinski definition) is 0. The molecule has 372 valence electrons. The van der Waals surface area contributed by atoms with Crippen LogP contribution in [-0.2, 0) is 28.7 Å². The van der Waals surface area contributed by atoms with Gasteiger partial charge in [-0.05, 0) is 122 Å². The fraction of sp³-hybridized carbons (Fsp3) is 0.882. The Hall–Kier alpha value is -2.82. The Labute approximate surface area is 395 Å². The molecule has 0 amide bonds. The second-order valence-electron chi connectivity index (χ2n) is 24.5. The van der Waals surface area contributed by atoms with Crippen molar-refractivity contribution in [2.24, 2.45) is 0 Å². The van der Waals surface area contributed by atoms with Crippen LogP contribution in [0.5, 0.6) is 0 Å². The van der Waals surface area contributed by atoms with Crippen molar-refractivity contribution in [1.82, 2.24) is 30.1 Å². The van der Waals surface area contributed by atoms with Gasteiger partial charge in [0.15, 0.2) is 0 Å². The van der Waals surface area contributed by atoms with E-state index in [9.17, 15) is 14.4 Å². The molecule has 3 saturated carbocycles. The number of carbonyl (C=O) groups is 3. The van der Waals surface area contributed by atoms with Gasteiger partial charge in [-0.3, -0.25) is 14.5 Å². The smallest absolute Gasteiger partial charge is 0.376 e. The standard InChI is InChI=1S/C51H84N6O9/c1-46(2)28-37(29-47(3,4)55(46)64-34-22-16-13-17-23-34)61-43(58)40-52-41(44(59)62-38-30-48(5,6)56(49(7,8)31-38)65-35-24-18-14-19-25-35)54-42(53-40)45(60)63-39-32-50(9,10)57(51(11,12)33-39)66-36-26-20-15-21-27-36/h34-39H,13-33H2,1-12H3. The lowest BCUT2D eigenvalue weighted by atomic mass is 9.80. The van der Waals surface area contributed by atoms with Crippen LogP contribution in [0.3, 0.4) is 0 Å². The number of piperidine rings is 3. The van der Waals surface area contributed by atoms with Crippen molar-refractivity contribution in [3.05, 3.63) is 17.5 Å². The highest BCUT2D eigenvalue weighted by Gasteiger charge is 2.52. The van der Waals surface area contributed by atoms with Gasteiger partial charge in [-0.25, -0.2) is 14.4 Å². The van der Waals surface area contributed by atoms with Crippen molar-refractivity contribution in [1.29, 1.82) is 0 Å². The SMILES string of the molecule is CC1(C)CC(OC(=O)c2nc(C(=O)OC3CC(C)(C)N(OC4CCCCC4)C(C)(C)C3)nc(C(=O)OC3CC(C)(C)N(OC4CCCCC4)C(C)(C)C3)n2)CC(C)(C)N1OC1CCCCC1. The highest BCUT2D eigenvalue weighted by atomic mass is 16.7. The highest BCUT2D eigenvalue weighted by Crippen LogP contribution is 2.44. The van der Waals surface area contributed by atoms with E-state index >= 15 is 0 Å². The van der Waals surface area contributed by atoms with E-state index in [4.69, 9.17) is 28.7 Å². The fourth-order valence-electron chi connectivity index (χ4n) is 12.8. The second-order valence-corrected chi connectivity index (χ2v) is 24.5. The first-order valence-electron chi connectivity index (χ1n) is 25.6. The maximum atomic E-state index is 14.2. The first kappa shape index (κ1) is 51.0. The van der Waals surface area contributed by atoms with Crippen molar-refractivity contribution < 1.29 is 43.1 Å². The van der Waals surface area contributed by atoms with Crippen LogP contribution in [0.4, 0.5) is 0 Å². The summed E-state index contributed by atoms with van der Waals surface area (Å²) in [5, 5.41) is 6.32. The summed E-state index contributed by atoms with van der Waals surface area (Å²) in [4.78, 5) is 75.8. The molecule has 1 aromatic rings. The summed E-state index contributed by atoms with van der Waals surface area (Å²) in [5.41, 5.74) is -2.81. The molecule has 0 atom stereocenters. The minimum absolute atomic E-state index is 0.164. The zero-order valence-electron chi connectivity index (χ0n) is 42.7. The van der Waals surface area contributed by atoms with E-state index in [-0.39, 0.29) is 18.3 Å². The zero-order chi connectivity index (χ0) is 47.9. The molecule has 0 unspecified atom stereocenters. The van der Waals surface area contributed by atoms with Gasteiger partial charge in [-0.1, -0.05) is 57.8 Å². The molecule has 4 heterocycles. The lowest BCUT2D eigenvalue weighted by molar-refractivity contribution is -0.317. The Morgan fingerprint density at radius 2 is 0.545 bits per heavy atom. The first-order valence-corrected chi connectivity index (χ1v) is 25.6. The van der Waals surface area contributed by atoms with Crippen LogP contribution in [0.25, 0.3) is 0 Å². The van der Waals surface area contributed by atoms with Crippen LogP contribution in [0, 0.1) is 0 Å². The summed E-state index contributed by atoms with van der Waals surface area (Å²) in [6.07, 6.45) is 18.7. The molecule has 7 rings (SSSR count). The molecule has 15 nitrogen and oxygen atoms in total. The lowest BCUT2D eigenvalue weighted by Crippen LogP contribution is -2.63. The first-order chi connectivity index (χ1) is 30.8. The van der Waals surface area contributed by atoms with E-state index < -0.39 is 86.9 Å². The molecule has 3 saturated heterocycles. The van der Waals surface area contributed by atoms with E-state index in [0.29, 0.717) is 38.5 Å². The molecule has 1 aromatic heterocycles. The molecule has 3 aliphatic heterocycles. The minimum atomic E-state index is -0.857. The van der Waals surface area contributed by atoms with Gasteiger partial charge in [0.25, 0.3) is 0 Å². The van der Waals surface area contributed by atoms with Crippen LogP contribution >= 0.6 is 0 Å². The van der Waals surface area contributed by atoms with Gasteiger partial charge in [0.1, 0.15) is 18.3 Å². The van der Waals surface area contributed by atoms with Gasteiger partial charge < -0.3 is 14.2 Å². The quantitative estimate of drug-likeness (QED) is 0.144. The van der Waals surface area contributed by atoms with Crippen LogP contribution in [-0.4, -0.2) is 118 Å². The molecule has 0 N–H and O–H groups in total. The van der Waals surface area contributed by atoms with Gasteiger partial charge in [-0.2, -0.15) is 30.1 Å². The average molecular weight is 925 g/mol. The predicted molar refractivity (Wildman–Crippen MR) is 249 cm³/mol. The molecule has 66 heavy (non-hydrogen) atoms. The number of esters is 3. The number of rotatable bonds is 12. The van der Waals surface area contributed by atoms with E-state index in [1.807, 2.05) is 0 Å². The maximum Gasteiger partial charge on any atom is 0.376 e. The van der Waals surface area contributed by atoms with Crippen molar-refractivity contribution in [2.45, 2.75) is 288 Å². The van der Waals surface area contributed by atoms with E-state index in [2.05, 4.69) is 113 Å². The number of ether oxygens (including phenoxy) is 3. The van der Waals surface area contributed by atoms with Crippen LogP contribution < -0.4 is 0 Å². The molecule has 0 spiro atoms. The molecule has 0 aromatic carbocycles. The van der Waals surface area contributed by atoms with E-state index in [1.165, 1.54) is 19.3 Å². The Kier molecular flexibility index (Phi) is 15.4. The van der Waals surface area contributed by atoms with E-state index in [1.54, 1.807) is 0 Å². The van der Waals surface area contributed by atoms with Gasteiger partial charge in [-0.15, -0.1) is 0 Å². The molecule has 6 aliphatic rings. The fourth-order valence-corrected chi connectivity index (χ4v) is 12.8. The van der Waals surface area contributed by atoms with Gasteiger partial charge in [0, 0.05) is 71.8 Å². The summed E-state index contributed by atoms with van der Waals surface area (Å²) >= 11 is 0. The molecule has 0 radical (unpaired) electrons. The lowest BCUT2D eigenvalue weighted by Gasteiger charge is -2.54. The van der Waals surface area contributed by atoms with Crippen LogP contribution in [0.15, 0.2) is 0 Å². The largest absolute Gasteiger partial charge is 0.456 e. The molecule has 15 heteroatoms. The topological polar surface area (TPSA) is 155 Å². The molecule has 0 bridgehead atoms. The second kappa shape index (κ2) is 19.9. The van der Waals surface area contributed by atoms with Crippen molar-refractivity contribution in [2.75, 3.05) is 0 Å². The summed E-state index contributed by atoms with van der Waals surface area (Å²) in [6, 6.07) is 0. The van der Waals surface area contributed by atoms with Gasteiger partial charge >= 0.3 is 17.9 Å². The summed E-state index contributed by atoms with van der Waals surface area (Å²) < 4.78 is 18.6. The van der Waals surface area contributed by atoms with Gasteiger partial charge in [0.05, 0.1) is 18.3 Å². The summed E-state index contributed by atoms with van der Waals surface area (Å²) in [5.74, 6) is -3.92. The molecular formula is C51H84N6O9. The third-order valence-electron chi connectivity index (χ3n) is 15.1. The number of hydrogen-bond acceptors (Lipinski definition) is 15. The monoisotopic (exact) mass is 925 g/mol. The Balaban J connectivity index is 1.10. The third-order valence-corrected chi connectivity index (χ3v) is 15.1. The Morgan fingerprint density at radius 3 is 0.742 bits per heavy atom. The highest BCUT2D eigenvalue weighted by molar-refractivity contribution is 5.92. The van der Waals surface area contributed by atoms with Crippen LogP contribution in [0.1, 0.15) is 250 Å². The molecule has 6 fully saturated rings. The Bertz CT molecular complexity index is 1590. The number of nitrogens with zero attached hydrogens (tertiary/aromatic N) is 6. The number of carbonyl (C=O) groups excluding carboxylic acids is 3. The number of hydroxylamine groups is 6. The third kappa shape index (κ3) is 12.1.